The highest BCUT2D eigenvalue weighted by Crippen LogP contribution is 2.33. The van der Waals surface area contributed by atoms with Crippen LogP contribution in [0.1, 0.15) is 37.7 Å². The summed E-state index contributed by atoms with van der Waals surface area (Å²) < 4.78 is 45.8. The van der Waals surface area contributed by atoms with Gasteiger partial charge in [0.05, 0.1) is 17.5 Å². The van der Waals surface area contributed by atoms with Crippen molar-refractivity contribution in [2.24, 2.45) is 0 Å². The number of hydrogen-bond acceptors (Lipinski definition) is 3. The summed E-state index contributed by atoms with van der Waals surface area (Å²) >= 11 is 0. The van der Waals surface area contributed by atoms with Gasteiger partial charge in [-0.1, -0.05) is 30.2 Å². The number of rotatable bonds is 4. The van der Waals surface area contributed by atoms with Crippen molar-refractivity contribution >= 4 is 11.8 Å². The molecule has 1 aliphatic heterocycles. The lowest BCUT2D eigenvalue weighted by molar-refractivity contribution is -0.0888. The van der Waals surface area contributed by atoms with E-state index in [1.165, 1.54) is 42.0 Å². The minimum absolute atomic E-state index is 0.522. The Kier molecular flexibility index (Phi) is 5.93. The highest BCUT2D eigenvalue weighted by Gasteiger charge is 2.35. The molecule has 0 radical (unpaired) electrons. The molecule has 2 heterocycles. The summed E-state index contributed by atoms with van der Waals surface area (Å²) in [6.45, 7) is 0. The number of halogens is 3. The summed E-state index contributed by atoms with van der Waals surface area (Å²) in [5, 5.41) is 0. The fourth-order valence-corrected chi connectivity index (χ4v) is 3.74. The smallest absolute Gasteiger partial charge is 0.417 e. The van der Waals surface area contributed by atoms with E-state index >= 15 is 0 Å². The Hall–Kier alpha value is -3.02. The first-order valence-electron chi connectivity index (χ1n) is 10.1. The highest BCUT2D eigenvalue weighted by atomic mass is 19.4. The molecule has 0 spiro atoms. The number of allylic oxidation sites excluding steroid dienone is 3. The van der Waals surface area contributed by atoms with E-state index in [4.69, 9.17) is 4.74 Å². The van der Waals surface area contributed by atoms with Crippen LogP contribution in [0.25, 0.3) is 6.08 Å². The number of anilines is 1. The van der Waals surface area contributed by atoms with Crippen LogP contribution in [0.5, 0.6) is 5.75 Å². The lowest BCUT2D eigenvalue weighted by Gasteiger charge is -2.32. The molecule has 2 aromatic rings. The fraction of sp³-hybridized carbons (Fsp3) is 0.292. The van der Waals surface area contributed by atoms with E-state index < -0.39 is 18.0 Å². The summed E-state index contributed by atoms with van der Waals surface area (Å²) in [6.07, 6.45) is 9.67. The Morgan fingerprint density at radius 2 is 1.90 bits per heavy atom. The van der Waals surface area contributed by atoms with Crippen molar-refractivity contribution in [3.05, 3.63) is 83.9 Å². The number of ether oxygens (including phenoxy) is 1. The molecule has 2 aliphatic rings. The van der Waals surface area contributed by atoms with E-state index in [2.05, 4.69) is 11.1 Å². The van der Waals surface area contributed by atoms with Crippen molar-refractivity contribution in [3.63, 3.8) is 0 Å². The van der Waals surface area contributed by atoms with Gasteiger partial charge < -0.3 is 9.64 Å². The van der Waals surface area contributed by atoms with Crippen LogP contribution >= 0.6 is 0 Å². The second-order valence-electron chi connectivity index (χ2n) is 7.50. The molecular formula is C24H23F3N2O. The van der Waals surface area contributed by atoms with E-state index in [1.807, 2.05) is 24.3 Å². The SMILES string of the molecule is FC(F)(F)C1=CN(c2cccnc2)C(Oc2cccc(C=C3CCCCC3)c2)C=C1. The molecule has 1 fully saturated rings. The third-order valence-corrected chi connectivity index (χ3v) is 5.25. The van der Waals surface area contributed by atoms with Crippen molar-refractivity contribution in [1.82, 2.24) is 4.98 Å². The third kappa shape index (κ3) is 4.93. The second-order valence-corrected chi connectivity index (χ2v) is 7.50. The van der Waals surface area contributed by atoms with Crippen LogP contribution in [0.15, 0.2) is 78.3 Å². The number of pyridine rings is 1. The fourth-order valence-electron chi connectivity index (χ4n) is 3.74. The van der Waals surface area contributed by atoms with Crippen molar-refractivity contribution < 1.29 is 17.9 Å². The van der Waals surface area contributed by atoms with Gasteiger partial charge in [-0.15, -0.1) is 0 Å². The predicted molar refractivity (Wildman–Crippen MR) is 112 cm³/mol. The maximum Gasteiger partial charge on any atom is 0.417 e. The van der Waals surface area contributed by atoms with Crippen LogP contribution in [-0.4, -0.2) is 17.4 Å². The van der Waals surface area contributed by atoms with Gasteiger partial charge in [-0.05, 0) is 67.7 Å². The zero-order valence-corrected chi connectivity index (χ0v) is 16.5. The number of alkyl halides is 3. The monoisotopic (exact) mass is 412 g/mol. The Balaban J connectivity index is 1.58. The molecule has 0 amide bonds. The molecule has 1 aliphatic carbocycles. The molecule has 1 aromatic heterocycles. The predicted octanol–water partition coefficient (Wildman–Crippen LogP) is 6.66. The minimum Gasteiger partial charge on any atom is -0.467 e. The van der Waals surface area contributed by atoms with Crippen molar-refractivity contribution in [3.8, 4) is 5.75 Å². The average molecular weight is 412 g/mol. The van der Waals surface area contributed by atoms with Gasteiger partial charge in [-0.3, -0.25) is 4.98 Å². The van der Waals surface area contributed by atoms with Gasteiger partial charge in [-0.2, -0.15) is 13.2 Å². The summed E-state index contributed by atoms with van der Waals surface area (Å²) in [4.78, 5) is 5.47. The van der Waals surface area contributed by atoms with Crippen LogP contribution in [-0.2, 0) is 0 Å². The topological polar surface area (TPSA) is 25.4 Å². The van der Waals surface area contributed by atoms with E-state index in [0.717, 1.165) is 30.7 Å². The Bertz CT molecular complexity index is 956. The van der Waals surface area contributed by atoms with Gasteiger partial charge in [0.2, 0.25) is 0 Å². The molecule has 156 valence electrons. The molecule has 1 atom stereocenters. The van der Waals surface area contributed by atoms with Crippen LogP contribution in [0.4, 0.5) is 18.9 Å². The third-order valence-electron chi connectivity index (χ3n) is 5.25. The van der Waals surface area contributed by atoms with Crippen LogP contribution < -0.4 is 9.64 Å². The first-order chi connectivity index (χ1) is 14.5. The molecule has 30 heavy (non-hydrogen) atoms. The maximum atomic E-state index is 13.3. The Morgan fingerprint density at radius 1 is 1.07 bits per heavy atom. The van der Waals surface area contributed by atoms with Crippen LogP contribution in [0, 0.1) is 0 Å². The van der Waals surface area contributed by atoms with Crippen molar-refractivity contribution in [1.29, 1.82) is 0 Å². The standard InChI is InChI=1S/C24H23F3N2O/c25-24(26,27)20-11-12-23(29(17-20)21-9-5-13-28-16-21)30-22-10-4-8-19(15-22)14-18-6-2-1-3-7-18/h4-5,8-17,23H,1-3,6-7H2. The molecular weight excluding hydrogens is 389 g/mol. The lowest BCUT2D eigenvalue weighted by atomic mass is 9.93. The van der Waals surface area contributed by atoms with Gasteiger partial charge in [0.25, 0.3) is 0 Å². The van der Waals surface area contributed by atoms with Crippen LogP contribution in [0.3, 0.4) is 0 Å². The molecule has 6 heteroatoms. The van der Waals surface area contributed by atoms with E-state index in [9.17, 15) is 13.2 Å². The number of nitrogens with zero attached hydrogens (tertiary/aromatic N) is 2. The van der Waals surface area contributed by atoms with Gasteiger partial charge >= 0.3 is 6.18 Å². The van der Waals surface area contributed by atoms with Gasteiger partial charge in [0, 0.05) is 12.4 Å². The van der Waals surface area contributed by atoms with Gasteiger partial charge in [0.1, 0.15) is 5.75 Å². The largest absolute Gasteiger partial charge is 0.467 e. The molecule has 1 saturated carbocycles. The first kappa shape index (κ1) is 20.3. The summed E-state index contributed by atoms with van der Waals surface area (Å²) in [5.41, 5.74) is 2.27. The lowest BCUT2D eigenvalue weighted by Crippen LogP contribution is -2.37. The van der Waals surface area contributed by atoms with E-state index in [1.54, 1.807) is 18.3 Å². The molecule has 0 N–H and O–H groups in total. The van der Waals surface area contributed by atoms with Crippen LogP contribution in [0.2, 0.25) is 0 Å². The molecule has 3 nitrogen and oxygen atoms in total. The molecule has 4 rings (SSSR count). The molecule has 1 unspecified atom stereocenters. The summed E-state index contributed by atoms with van der Waals surface area (Å²) in [5.74, 6) is 0.604. The first-order valence-corrected chi connectivity index (χ1v) is 10.1. The van der Waals surface area contributed by atoms with E-state index in [0.29, 0.717) is 11.4 Å². The number of hydrogen-bond donors (Lipinski definition) is 0. The van der Waals surface area contributed by atoms with Crippen molar-refractivity contribution in [2.75, 3.05) is 4.90 Å². The Morgan fingerprint density at radius 3 is 2.63 bits per heavy atom. The Labute approximate surface area is 174 Å². The molecule has 1 aromatic carbocycles. The zero-order chi connectivity index (χ0) is 21.0. The van der Waals surface area contributed by atoms with Gasteiger partial charge in [0.15, 0.2) is 6.23 Å². The number of benzene rings is 1. The van der Waals surface area contributed by atoms with Crippen molar-refractivity contribution in [2.45, 2.75) is 44.5 Å². The quantitative estimate of drug-likeness (QED) is 0.562. The number of aromatic nitrogens is 1. The zero-order valence-electron chi connectivity index (χ0n) is 16.5. The average Bonchev–Trinajstić information content (AvgIpc) is 2.75. The minimum atomic E-state index is -4.44. The summed E-state index contributed by atoms with van der Waals surface area (Å²) in [7, 11) is 0. The normalized spacial score (nSPS) is 19.4. The second kappa shape index (κ2) is 8.78. The van der Waals surface area contributed by atoms with Gasteiger partial charge in [-0.25, -0.2) is 0 Å². The molecule has 0 bridgehead atoms. The summed E-state index contributed by atoms with van der Waals surface area (Å²) in [6, 6.07) is 11.1. The maximum absolute atomic E-state index is 13.3. The van der Waals surface area contributed by atoms with E-state index in [-0.39, 0.29) is 0 Å². The molecule has 0 saturated heterocycles. The highest BCUT2D eigenvalue weighted by molar-refractivity contribution is 5.56.